The molecule has 0 amide bonds. The van der Waals surface area contributed by atoms with Gasteiger partial charge < -0.3 is 0 Å². The number of rotatable bonds is 3. The number of nitrogens with zero attached hydrogens (tertiary/aromatic N) is 1. The normalized spacial score (nSPS) is 11.8. The van der Waals surface area contributed by atoms with Gasteiger partial charge in [-0.05, 0) is 46.3 Å². The van der Waals surface area contributed by atoms with Crippen LogP contribution in [0.15, 0.2) is 44.5 Å². The van der Waals surface area contributed by atoms with E-state index in [4.69, 9.17) is 0 Å². The second kappa shape index (κ2) is 4.62. The molecule has 3 aromatic rings. The maximum atomic E-state index is 12.1. The van der Waals surface area contributed by atoms with E-state index in [2.05, 4.69) is 30.8 Å². The first kappa shape index (κ1) is 12.6. The standard InChI is InChI=1S/C11H8BrN3O2S2/c12-10-3-4-11(18-10)19(16,17)15-8-1-2-9-7(5-8)6-13-14-9/h1-6,15H,(H,13,14). The number of aromatic nitrogens is 2. The average Bonchev–Trinajstić information content (AvgIpc) is 2.96. The lowest BCUT2D eigenvalue weighted by atomic mass is 10.2. The minimum Gasteiger partial charge on any atom is -0.279 e. The number of nitrogens with one attached hydrogen (secondary N) is 2. The van der Waals surface area contributed by atoms with Crippen molar-refractivity contribution in [3.05, 3.63) is 40.3 Å². The van der Waals surface area contributed by atoms with Gasteiger partial charge in [0.2, 0.25) is 0 Å². The zero-order chi connectivity index (χ0) is 13.5. The molecule has 8 heteroatoms. The summed E-state index contributed by atoms with van der Waals surface area (Å²) in [4.78, 5) is 0. The molecule has 5 nitrogen and oxygen atoms in total. The Balaban J connectivity index is 1.95. The summed E-state index contributed by atoms with van der Waals surface area (Å²) in [6, 6.07) is 8.48. The summed E-state index contributed by atoms with van der Waals surface area (Å²) in [6.07, 6.45) is 1.65. The minimum atomic E-state index is -3.54. The molecule has 2 aromatic heterocycles. The van der Waals surface area contributed by atoms with Crippen LogP contribution in [-0.4, -0.2) is 18.6 Å². The third-order valence-corrected chi connectivity index (χ3v) is 6.00. The van der Waals surface area contributed by atoms with E-state index in [1.807, 2.05) is 0 Å². The summed E-state index contributed by atoms with van der Waals surface area (Å²) in [5.74, 6) is 0. The van der Waals surface area contributed by atoms with E-state index in [0.717, 1.165) is 14.7 Å². The Morgan fingerprint density at radius 3 is 2.84 bits per heavy atom. The van der Waals surface area contributed by atoms with Crippen molar-refractivity contribution >= 4 is 53.9 Å². The molecule has 0 spiro atoms. The first-order valence-corrected chi connectivity index (χ1v) is 8.35. The lowest BCUT2D eigenvalue weighted by Gasteiger charge is -2.05. The number of halogens is 1. The van der Waals surface area contributed by atoms with E-state index < -0.39 is 10.0 Å². The van der Waals surface area contributed by atoms with Gasteiger partial charge in [0.05, 0.1) is 15.5 Å². The van der Waals surface area contributed by atoms with Crippen molar-refractivity contribution < 1.29 is 8.42 Å². The summed E-state index contributed by atoms with van der Waals surface area (Å²) in [7, 11) is -3.54. The summed E-state index contributed by atoms with van der Waals surface area (Å²) >= 11 is 4.42. The molecule has 0 aliphatic carbocycles. The Morgan fingerprint density at radius 1 is 1.26 bits per heavy atom. The van der Waals surface area contributed by atoms with Gasteiger partial charge >= 0.3 is 0 Å². The van der Waals surface area contributed by atoms with Gasteiger partial charge in [-0.15, -0.1) is 11.3 Å². The van der Waals surface area contributed by atoms with Crippen LogP contribution >= 0.6 is 27.3 Å². The fraction of sp³-hybridized carbons (Fsp3) is 0. The van der Waals surface area contributed by atoms with E-state index in [1.165, 1.54) is 11.3 Å². The molecule has 0 atom stereocenters. The van der Waals surface area contributed by atoms with Gasteiger partial charge in [0, 0.05) is 11.1 Å². The molecule has 3 rings (SSSR count). The third kappa shape index (κ3) is 2.51. The summed E-state index contributed by atoms with van der Waals surface area (Å²) in [5, 5.41) is 7.56. The molecular weight excluding hydrogens is 350 g/mol. The number of aromatic amines is 1. The topological polar surface area (TPSA) is 74.8 Å². The number of sulfonamides is 1. The smallest absolute Gasteiger partial charge is 0.271 e. The summed E-state index contributed by atoms with van der Waals surface area (Å²) < 4.78 is 27.9. The van der Waals surface area contributed by atoms with Crippen molar-refractivity contribution in [3.8, 4) is 0 Å². The van der Waals surface area contributed by atoms with Gasteiger partial charge in [0.25, 0.3) is 10.0 Å². The summed E-state index contributed by atoms with van der Waals surface area (Å²) in [5.41, 5.74) is 1.38. The molecule has 98 valence electrons. The number of fused-ring (bicyclic) bond motifs is 1. The average molecular weight is 358 g/mol. The maximum Gasteiger partial charge on any atom is 0.271 e. The monoisotopic (exact) mass is 357 g/mol. The second-order valence-electron chi connectivity index (χ2n) is 3.84. The molecule has 19 heavy (non-hydrogen) atoms. The van der Waals surface area contributed by atoms with Gasteiger partial charge in [0.15, 0.2) is 0 Å². The Morgan fingerprint density at radius 2 is 2.11 bits per heavy atom. The van der Waals surface area contributed by atoms with E-state index in [-0.39, 0.29) is 4.21 Å². The van der Waals surface area contributed by atoms with Gasteiger partial charge in [-0.2, -0.15) is 5.10 Å². The molecule has 0 saturated carbocycles. The Labute approximate surface area is 121 Å². The summed E-state index contributed by atoms with van der Waals surface area (Å²) in [6.45, 7) is 0. The van der Waals surface area contributed by atoms with Crippen molar-refractivity contribution in [3.63, 3.8) is 0 Å². The van der Waals surface area contributed by atoms with Crippen LogP contribution in [0, 0.1) is 0 Å². The van der Waals surface area contributed by atoms with Crippen LogP contribution in [0.5, 0.6) is 0 Å². The number of hydrogen-bond donors (Lipinski definition) is 2. The quantitative estimate of drug-likeness (QED) is 0.755. The van der Waals surface area contributed by atoms with Crippen LogP contribution in [-0.2, 0) is 10.0 Å². The van der Waals surface area contributed by atoms with Crippen LogP contribution in [0.2, 0.25) is 0 Å². The molecule has 0 saturated heterocycles. The highest BCUT2D eigenvalue weighted by atomic mass is 79.9. The third-order valence-electron chi connectivity index (χ3n) is 2.51. The highest BCUT2D eigenvalue weighted by molar-refractivity contribution is 9.11. The molecule has 0 unspecified atom stereocenters. The van der Waals surface area contributed by atoms with Crippen molar-refractivity contribution in [2.45, 2.75) is 4.21 Å². The number of hydrogen-bond acceptors (Lipinski definition) is 4. The van der Waals surface area contributed by atoms with Crippen LogP contribution in [0.1, 0.15) is 0 Å². The van der Waals surface area contributed by atoms with E-state index >= 15 is 0 Å². The lowest BCUT2D eigenvalue weighted by molar-refractivity contribution is 0.603. The fourth-order valence-electron chi connectivity index (χ4n) is 1.65. The molecule has 1 aromatic carbocycles. The van der Waals surface area contributed by atoms with E-state index in [1.54, 1.807) is 36.5 Å². The SMILES string of the molecule is O=S(=O)(Nc1ccc2[nH]ncc2c1)c1ccc(Br)s1. The largest absolute Gasteiger partial charge is 0.279 e. The molecule has 0 radical (unpaired) electrons. The highest BCUT2D eigenvalue weighted by Crippen LogP contribution is 2.28. The highest BCUT2D eigenvalue weighted by Gasteiger charge is 2.16. The van der Waals surface area contributed by atoms with Gasteiger partial charge in [-0.25, -0.2) is 8.42 Å². The van der Waals surface area contributed by atoms with E-state index in [0.29, 0.717) is 5.69 Å². The molecule has 2 heterocycles. The van der Waals surface area contributed by atoms with Crippen LogP contribution in [0.3, 0.4) is 0 Å². The molecule has 0 aliphatic rings. The zero-order valence-corrected chi connectivity index (χ0v) is 12.6. The van der Waals surface area contributed by atoms with Crippen LogP contribution in [0.4, 0.5) is 5.69 Å². The molecule has 0 fully saturated rings. The molecule has 0 bridgehead atoms. The van der Waals surface area contributed by atoms with Gasteiger partial charge in [-0.1, -0.05) is 0 Å². The van der Waals surface area contributed by atoms with E-state index in [9.17, 15) is 8.42 Å². The van der Waals surface area contributed by atoms with Crippen molar-refractivity contribution in [2.75, 3.05) is 4.72 Å². The van der Waals surface area contributed by atoms with Gasteiger partial charge in [-0.3, -0.25) is 9.82 Å². The Hall–Kier alpha value is -1.38. The first-order valence-electron chi connectivity index (χ1n) is 5.26. The molecule has 0 aliphatic heterocycles. The predicted octanol–water partition coefficient (Wildman–Crippen LogP) is 3.19. The number of H-pyrrole nitrogens is 1. The van der Waals surface area contributed by atoms with Crippen LogP contribution in [0.25, 0.3) is 10.9 Å². The molecular formula is C11H8BrN3O2S2. The van der Waals surface area contributed by atoms with Crippen molar-refractivity contribution in [1.82, 2.24) is 10.2 Å². The number of anilines is 1. The second-order valence-corrected chi connectivity index (χ2v) is 8.21. The van der Waals surface area contributed by atoms with Gasteiger partial charge in [0.1, 0.15) is 4.21 Å². The van der Waals surface area contributed by atoms with Crippen molar-refractivity contribution in [1.29, 1.82) is 0 Å². The molecule has 2 N–H and O–H groups in total. The van der Waals surface area contributed by atoms with Crippen LogP contribution < -0.4 is 4.72 Å². The minimum absolute atomic E-state index is 0.270. The predicted molar refractivity (Wildman–Crippen MR) is 78.9 cm³/mol. The number of thiophene rings is 1. The Bertz CT molecular complexity index is 838. The maximum absolute atomic E-state index is 12.1. The fourth-order valence-corrected chi connectivity index (χ4v) is 4.71. The Kier molecular flexibility index (Phi) is 3.08. The first-order chi connectivity index (χ1) is 9.04. The zero-order valence-electron chi connectivity index (χ0n) is 9.42. The lowest BCUT2D eigenvalue weighted by Crippen LogP contribution is -2.11. The van der Waals surface area contributed by atoms with Crippen molar-refractivity contribution in [2.24, 2.45) is 0 Å². The number of benzene rings is 1.